The summed E-state index contributed by atoms with van der Waals surface area (Å²) in [6.45, 7) is 3.37. The Hall–Kier alpha value is -12.1. The van der Waals surface area contributed by atoms with E-state index in [4.69, 9.17) is 56.5 Å². The van der Waals surface area contributed by atoms with Crippen molar-refractivity contribution >= 4 is 72.2 Å². The van der Waals surface area contributed by atoms with Crippen LogP contribution in [0.2, 0.25) is 5.04 Å². The van der Waals surface area contributed by atoms with Crippen molar-refractivity contribution in [2.24, 2.45) is 5.11 Å². The van der Waals surface area contributed by atoms with Crippen LogP contribution in [0, 0.1) is 0 Å². The van der Waals surface area contributed by atoms with Crippen LogP contribution in [0.25, 0.3) is 10.4 Å². The molecule has 34 heteroatoms. The molecule has 606 valence electrons. The highest BCUT2D eigenvalue weighted by Crippen LogP contribution is 2.40. The SMILES string of the molecule is CC(=O)N[C@@H]1[C@@H](OC(=O)c2ccccc2)[C@H](OC(=O)c2ccccc2)[C@@H](CO[C@@H]2O[C@H](CO[C@@H]3O[C@H](CO[Si](c4ccccc4)(c4ccccc4)C(C)(C)C)[C@@H](OC(=O)c4ccccc4)[C@H](OC(=O)c4ccccc4)[C@H]3NC(=O)C(F)(F)F)[C@@H](OC(=O)c3ccccc3)[C@H](OC(=O)c3ccccc3)[C@H]2NC(=O)C(F)(F)F)O[C@H]1N=[N+]=[N-]. The van der Waals surface area contributed by atoms with Crippen LogP contribution in [0.15, 0.2) is 248 Å². The van der Waals surface area contributed by atoms with Crippen molar-refractivity contribution < 1.29 is 126 Å². The molecule has 3 saturated heterocycles. The van der Waals surface area contributed by atoms with Crippen molar-refractivity contribution in [2.45, 2.75) is 137 Å². The van der Waals surface area contributed by atoms with Gasteiger partial charge in [-0.05, 0) is 93.7 Å². The fourth-order valence-electron chi connectivity index (χ4n) is 13.5. The zero-order valence-corrected chi connectivity index (χ0v) is 63.1. The number of rotatable bonds is 27. The number of ether oxygens (including phenoxy) is 11. The van der Waals surface area contributed by atoms with Gasteiger partial charge < -0.3 is 72.5 Å². The van der Waals surface area contributed by atoms with Gasteiger partial charge in [0.05, 0.1) is 53.2 Å². The van der Waals surface area contributed by atoms with Gasteiger partial charge in [0, 0.05) is 11.8 Å². The molecule has 11 rings (SSSR count). The van der Waals surface area contributed by atoms with Crippen LogP contribution in [0.4, 0.5) is 26.3 Å². The molecular weight excluding hydrogens is 1550 g/mol. The fourth-order valence-corrected chi connectivity index (χ4v) is 18.1. The topological polar surface area (TPSA) is 349 Å². The van der Waals surface area contributed by atoms with Crippen molar-refractivity contribution in [3.05, 3.63) is 286 Å². The van der Waals surface area contributed by atoms with E-state index < -0.39 is 191 Å². The average molecular weight is 1620 g/mol. The van der Waals surface area contributed by atoms with Crippen molar-refractivity contribution in [3.8, 4) is 0 Å². The van der Waals surface area contributed by atoms with E-state index in [-0.39, 0.29) is 33.4 Å². The number of amides is 3. The summed E-state index contributed by atoms with van der Waals surface area (Å²) in [6, 6.07) is 52.5. The second-order valence-electron chi connectivity index (χ2n) is 27.6. The quantitative estimate of drug-likeness (QED) is 0.00819. The van der Waals surface area contributed by atoms with Crippen LogP contribution in [-0.2, 0) is 70.9 Å². The molecule has 116 heavy (non-hydrogen) atoms. The lowest BCUT2D eigenvalue weighted by Crippen LogP contribution is -2.71. The lowest BCUT2D eigenvalue weighted by Gasteiger charge is -2.49. The molecule has 3 aliphatic heterocycles. The highest BCUT2D eigenvalue weighted by atomic mass is 28.4. The number of esters is 6. The predicted octanol–water partition coefficient (Wildman–Crippen LogP) is 10.0. The number of hydrogen-bond acceptors (Lipinski definition) is 22. The predicted molar refractivity (Wildman–Crippen MR) is 398 cm³/mol. The Balaban J connectivity index is 1.08. The molecule has 8 aromatic carbocycles. The number of nitrogens with zero attached hydrogens (tertiary/aromatic N) is 3. The van der Waals surface area contributed by atoms with Gasteiger partial charge >= 0.3 is 60.0 Å². The molecule has 0 spiro atoms. The van der Waals surface area contributed by atoms with Crippen molar-refractivity contribution in [2.75, 3.05) is 19.8 Å². The first kappa shape index (κ1) is 84.8. The number of hydrogen-bond donors (Lipinski definition) is 3. The molecule has 3 N–H and O–H groups in total. The Labute approximate surface area is 659 Å². The van der Waals surface area contributed by atoms with Crippen LogP contribution in [-0.4, -0.2) is 186 Å². The number of azide groups is 1. The number of halogens is 6. The van der Waals surface area contributed by atoms with Gasteiger partial charge in [-0.3, -0.25) is 14.4 Å². The summed E-state index contributed by atoms with van der Waals surface area (Å²) in [5, 5.41) is 10.1. The van der Waals surface area contributed by atoms with E-state index in [2.05, 4.69) is 15.3 Å². The molecule has 3 aliphatic rings. The van der Waals surface area contributed by atoms with Crippen LogP contribution in [0.3, 0.4) is 0 Å². The van der Waals surface area contributed by atoms with Crippen molar-refractivity contribution in [1.82, 2.24) is 16.0 Å². The zero-order valence-electron chi connectivity index (χ0n) is 62.1. The number of carbonyl (C=O) groups excluding carboxylic acids is 9. The van der Waals surface area contributed by atoms with Gasteiger partial charge in [0.25, 0.3) is 8.32 Å². The normalized spacial score (nSPS) is 23.4. The summed E-state index contributed by atoms with van der Waals surface area (Å²) in [5.74, 6) is -13.9. The van der Waals surface area contributed by atoms with E-state index in [0.29, 0.717) is 10.4 Å². The molecule has 27 nitrogen and oxygen atoms in total. The number of carbonyl (C=O) groups is 9. The Bertz CT molecular complexity index is 4720. The maximum atomic E-state index is 15.2. The maximum Gasteiger partial charge on any atom is 0.471 e. The molecule has 0 aliphatic carbocycles. The van der Waals surface area contributed by atoms with Gasteiger partial charge in [-0.1, -0.05) is 196 Å². The highest BCUT2D eigenvalue weighted by molar-refractivity contribution is 6.99. The van der Waals surface area contributed by atoms with Crippen LogP contribution < -0.4 is 26.3 Å². The summed E-state index contributed by atoms with van der Waals surface area (Å²) in [6.07, 6.45) is -38.5. The Kier molecular flexibility index (Phi) is 27.7. The van der Waals surface area contributed by atoms with Gasteiger partial charge in [-0.2, -0.15) is 26.3 Å². The van der Waals surface area contributed by atoms with E-state index in [1.807, 2.05) is 45.0 Å². The summed E-state index contributed by atoms with van der Waals surface area (Å²) < 4.78 is 168. The minimum Gasteiger partial charge on any atom is -0.452 e. The molecule has 15 atom stereocenters. The van der Waals surface area contributed by atoms with E-state index >= 15 is 26.3 Å². The van der Waals surface area contributed by atoms with Gasteiger partial charge in [0.1, 0.15) is 36.4 Å². The minimum absolute atomic E-state index is 0.116. The van der Waals surface area contributed by atoms with Gasteiger partial charge in [0.15, 0.2) is 55.4 Å². The third kappa shape index (κ3) is 20.7. The second-order valence-corrected chi connectivity index (χ2v) is 31.9. The molecule has 0 radical (unpaired) electrons. The molecule has 0 unspecified atom stereocenters. The third-order valence-corrected chi connectivity index (χ3v) is 23.9. The van der Waals surface area contributed by atoms with E-state index in [9.17, 15) is 48.7 Å². The number of alkyl halides is 6. The molecular formula is C82H76F6N6O21Si. The standard InChI is InChI=1S/C82H76F6N6O21Si/c1-48(95)90-60-66(113-73(99)52-35-19-8-20-36-52)63(110-70(96)49-29-13-5-14-30-49)57(107-69(60)93-94-89)45-104-76-61(91-78(102)81(83,84)85)67(114-74(100)53-37-21-9-22-38-53)64(111-71(97)50-31-15-6-16-32-50)58(108-76)46-105-77-62(92-79(103)82(86,87)88)68(115-75(101)54-39-23-10-24-40-54)65(112-72(98)51-33-17-7-18-34-51)59(109-77)47-106-116(80(2,3)4,55-41-25-11-26-42-55)56-43-27-12-28-44-56/h5-44,57-69,76-77H,45-47H2,1-4H3,(H,90,95)(H,91,102)(H,92,103)/t57-,58-,59-,60-,61-,62-,63-,64-,65-,66-,67-,68-,69-,76-,77-/m1/s1. The third-order valence-electron chi connectivity index (χ3n) is 18.9. The number of benzene rings is 8. The van der Waals surface area contributed by atoms with Crippen molar-refractivity contribution in [1.29, 1.82) is 0 Å². The lowest BCUT2D eigenvalue weighted by molar-refractivity contribution is -0.308. The lowest BCUT2D eigenvalue weighted by atomic mass is 9.94. The van der Waals surface area contributed by atoms with Crippen LogP contribution in [0.1, 0.15) is 89.8 Å². The van der Waals surface area contributed by atoms with E-state index in [1.54, 1.807) is 65.2 Å². The number of nitrogens with one attached hydrogen (secondary N) is 3. The van der Waals surface area contributed by atoms with E-state index in [1.165, 1.54) is 164 Å². The fraction of sp³-hybridized carbons (Fsp3) is 0.305. The van der Waals surface area contributed by atoms with Crippen molar-refractivity contribution in [3.63, 3.8) is 0 Å². The Morgan fingerprint density at radius 1 is 0.379 bits per heavy atom. The summed E-state index contributed by atoms with van der Waals surface area (Å²) in [5.41, 5.74) is 8.79. The average Bonchev–Trinajstić information content (AvgIpc) is 0.745. The first-order chi connectivity index (χ1) is 55.5. The first-order valence-corrected chi connectivity index (χ1v) is 38.0. The first-order valence-electron chi connectivity index (χ1n) is 36.1. The smallest absolute Gasteiger partial charge is 0.452 e. The Morgan fingerprint density at radius 2 is 0.638 bits per heavy atom. The molecule has 0 saturated carbocycles. The molecule has 3 amide bonds. The summed E-state index contributed by atoms with van der Waals surface area (Å²) >= 11 is 0. The molecule has 0 aromatic heterocycles. The van der Waals surface area contributed by atoms with Crippen LogP contribution >= 0.6 is 0 Å². The van der Waals surface area contributed by atoms with Crippen LogP contribution in [0.5, 0.6) is 0 Å². The molecule has 3 fully saturated rings. The maximum absolute atomic E-state index is 15.2. The molecule has 3 heterocycles. The van der Waals surface area contributed by atoms with Gasteiger partial charge in [0.2, 0.25) is 5.91 Å². The van der Waals surface area contributed by atoms with Gasteiger partial charge in [-0.15, -0.1) is 0 Å². The Morgan fingerprint density at radius 3 is 0.905 bits per heavy atom. The monoisotopic (exact) mass is 1620 g/mol. The largest absolute Gasteiger partial charge is 0.471 e. The second kappa shape index (κ2) is 37.9. The molecule has 8 aromatic rings. The zero-order chi connectivity index (χ0) is 82.9. The highest BCUT2D eigenvalue weighted by Gasteiger charge is 2.60. The van der Waals surface area contributed by atoms with E-state index in [0.717, 1.165) is 6.92 Å². The summed E-state index contributed by atoms with van der Waals surface area (Å²) in [7, 11) is -3.84. The minimum atomic E-state index is -5.84. The summed E-state index contributed by atoms with van der Waals surface area (Å²) in [4.78, 5) is 131. The van der Waals surface area contributed by atoms with Gasteiger partial charge in [-0.25, -0.2) is 28.8 Å². The molecule has 0 bridgehead atoms.